The first-order valence-electron chi connectivity index (χ1n) is 7.67. The minimum Gasteiger partial charge on any atom is -0.467 e. The van der Waals surface area contributed by atoms with E-state index >= 15 is 0 Å². The maximum Gasteiger partial charge on any atom is 0.421 e. The van der Waals surface area contributed by atoms with Crippen LogP contribution in [0.1, 0.15) is 30.9 Å². The molecule has 0 saturated heterocycles. The second-order valence-corrected chi connectivity index (χ2v) is 5.42. The molecular weight excluding hydrogens is 319 g/mol. The molecule has 1 aromatic heterocycles. The van der Waals surface area contributed by atoms with Crippen LogP contribution in [-0.4, -0.2) is 24.1 Å². The van der Waals surface area contributed by atoms with Crippen molar-refractivity contribution in [2.75, 3.05) is 19.1 Å². The van der Waals surface area contributed by atoms with Crippen molar-refractivity contribution < 1.29 is 17.9 Å². The van der Waals surface area contributed by atoms with Gasteiger partial charge in [-0.05, 0) is 30.5 Å². The standard InChI is InChI=1S/C17H20F3N3O/c1-4-5-7-12-8-6-9-13(10-12)23(2)15-14(17(18,19)20)11-21-16(22-15)24-3/h6,8-11H,4-5,7H2,1-3H3. The summed E-state index contributed by atoms with van der Waals surface area (Å²) in [6, 6.07) is 7.34. The van der Waals surface area contributed by atoms with Crippen molar-refractivity contribution in [3.63, 3.8) is 0 Å². The smallest absolute Gasteiger partial charge is 0.421 e. The van der Waals surface area contributed by atoms with E-state index in [1.165, 1.54) is 12.0 Å². The van der Waals surface area contributed by atoms with E-state index in [2.05, 4.69) is 16.9 Å². The van der Waals surface area contributed by atoms with Crippen LogP contribution in [-0.2, 0) is 12.6 Å². The number of rotatable bonds is 6. The summed E-state index contributed by atoms with van der Waals surface area (Å²) in [4.78, 5) is 8.88. The third-order valence-corrected chi connectivity index (χ3v) is 3.67. The van der Waals surface area contributed by atoms with Gasteiger partial charge in [0.05, 0.1) is 7.11 Å². The summed E-state index contributed by atoms with van der Waals surface area (Å²) < 4.78 is 44.6. The number of hydrogen-bond donors (Lipinski definition) is 0. The highest BCUT2D eigenvalue weighted by atomic mass is 19.4. The molecule has 4 nitrogen and oxygen atoms in total. The van der Waals surface area contributed by atoms with E-state index in [0.717, 1.165) is 31.0 Å². The van der Waals surface area contributed by atoms with E-state index in [9.17, 15) is 13.2 Å². The average Bonchev–Trinajstić information content (AvgIpc) is 2.58. The number of anilines is 2. The SMILES string of the molecule is CCCCc1cccc(N(C)c2nc(OC)ncc2C(F)(F)F)c1. The summed E-state index contributed by atoms with van der Waals surface area (Å²) in [5.74, 6) is -0.234. The topological polar surface area (TPSA) is 38.2 Å². The van der Waals surface area contributed by atoms with Gasteiger partial charge in [-0.2, -0.15) is 18.2 Å². The summed E-state index contributed by atoms with van der Waals surface area (Å²) >= 11 is 0. The van der Waals surface area contributed by atoms with Gasteiger partial charge in [-0.25, -0.2) is 4.98 Å². The number of alkyl halides is 3. The van der Waals surface area contributed by atoms with Crippen LogP contribution in [0.15, 0.2) is 30.5 Å². The van der Waals surface area contributed by atoms with Gasteiger partial charge in [0.15, 0.2) is 5.82 Å². The normalized spacial score (nSPS) is 11.4. The van der Waals surface area contributed by atoms with Gasteiger partial charge in [0.25, 0.3) is 0 Å². The Kier molecular flexibility index (Phi) is 5.64. The first-order chi connectivity index (χ1) is 11.4. The van der Waals surface area contributed by atoms with Crippen molar-refractivity contribution in [2.24, 2.45) is 0 Å². The van der Waals surface area contributed by atoms with Crippen molar-refractivity contribution >= 4 is 11.5 Å². The summed E-state index contributed by atoms with van der Waals surface area (Å²) in [7, 11) is 2.87. The molecule has 7 heteroatoms. The molecule has 0 amide bonds. The number of methoxy groups -OCH3 is 1. The largest absolute Gasteiger partial charge is 0.467 e. The fourth-order valence-corrected chi connectivity index (χ4v) is 2.33. The van der Waals surface area contributed by atoms with Crippen molar-refractivity contribution in [1.29, 1.82) is 0 Å². The highest BCUT2D eigenvalue weighted by molar-refractivity contribution is 5.63. The number of hydrogen-bond acceptors (Lipinski definition) is 4. The Morgan fingerprint density at radius 3 is 2.62 bits per heavy atom. The zero-order valence-corrected chi connectivity index (χ0v) is 13.9. The molecule has 0 atom stereocenters. The lowest BCUT2D eigenvalue weighted by Gasteiger charge is -2.23. The van der Waals surface area contributed by atoms with Gasteiger partial charge in [0, 0.05) is 18.9 Å². The second-order valence-electron chi connectivity index (χ2n) is 5.42. The van der Waals surface area contributed by atoms with Gasteiger partial charge in [-0.1, -0.05) is 25.5 Å². The highest BCUT2D eigenvalue weighted by Gasteiger charge is 2.36. The summed E-state index contributed by atoms with van der Waals surface area (Å²) in [5.41, 5.74) is 0.815. The Morgan fingerprint density at radius 1 is 1.25 bits per heavy atom. The van der Waals surface area contributed by atoms with Gasteiger partial charge in [-0.15, -0.1) is 0 Å². The van der Waals surface area contributed by atoms with Gasteiger partial charge in [-0.3, -0.25) is 0 Å². The molecule has 0 aliphatic carbocycles. The van der Waals surface area contributed by atoms with Crippen LogP contribution in [0.25, 0.3) is 0 Å². The van der Waals surface area contributed by atoms with Gasteiger partial charge < -0.3 is 9.64 Å². The Balaban J connectivity index is 2.43. The third-order valence-electron chi connectivity index (χ3n) is 3.67. The molecule has 1 aromatic carbocycles. The molecule has 0 saturated carbocycles. The van der Waals surface area contributed by atoms with Crippen molar-refractivity contribution in [3.05, 3.63) is 41.6 Å². The molecule has 0 radical (unpaired) electrons. The molecule has 0 aliphatic heterocycles. The Bertz CT molecular complexity index is 689. The van der Waals surface area contributed by atoms with E-state index in [4.69, 9.17) is 4.74 Å². The molecular formula is C17H20F3N3O. The fourth-order valence-electron chi connectivity index (χ4n) is 2.33. The minimum absolute atomic E-state index is 0.105. The third kappa shape index (κ3) is 4.15. The van der Waals surface area contributed by atoms with Gasteiger partial charge >= 0.3 is 12.2 Å². The maximum atomic E-state index is 13.3. The van der Waals surface area contributed by atoms with Crippen molar-refractivity contribution in [3.8, 4) is 6.01 Å². The van der Waals surface area contributed by atoms with Crippen LogP contribution in [0.5, 0.6) is 6.01 Å². The van der Waals surface area contributed by atoms with Crippen LogP contribution < -0.4 is 9.64 Å². The van der Waals surface area contributed by atoms with Crippen LogP contribution in [0, 0.1) is 0 Å². The number of aromatic nitrogens is 2. The van der Waals surface area contributed by atoms with Crippen LogP contribution in [0.3, 0.4) is 0 Å². The lowest BCUT2D eigenvalue weighted by molar-refractivity contribution is -0.137. The Labute approximate surface area is 139 Å². The maximum absolute atomic E-state index is 13.3. The predicted octanol–water partition coefficient (Wildman–Crippen LogP) is 4.61. The first kappa shape index (κ1) is 18.0. The number of benzene rings is 1. The minimum atomic E-state index is -4.55. The monoisotopic (exact) mass is 339 g/mol. The average molecular weight is 339 g/mol. The van der Waals surface area contributed by atoms with E-state index < -0.39 is 11.7 Å². The molecule has 0 fully saturated rings. The summed E-state index contributed by atoms with van der Waals surface area (Å²) in [6.07, 6.45) is -0.824. The lowest BCUT2D eigenvalue weighted by atomic mass is 10.1. The quantitative estimate of drug-likeness (QED) is 0.770. The molecule has 0 unspecified atom stereocenters. The fraction of sp³-hybridized carbons (Fsp3) is 0.412. The molecule has 24 heavy (non-hydrogen) atoms. The van der Waals surface area contributed by atoms with Crippen LogP contribution in [0.2, 0.25) is 0 Å². The highest BCUT2D eigenvalue weighted by Crippen LogP contribution is 2.37. The van der Waals surface area contributed by atoms with Gasteiger partial charge in [0.2, 0.25) is 0 Å². The number of nitrogens with zero attached hydrogens (tertiary/aromatic N) is 3. The second kappa shape index (κ2) is 7.51. The number of unbranched alkanes of at least 4 members (excludes halogenated alkanes) is 1. The summed E-state index contributed by atoms with van der Waals surface area (Å²) in [6.45, 7) is 2.10. The summed E-state index contributed by atoms with van der Waals surface area (Å²) in [5, 5.41) is 0. The molecule has 0 N–H and O–H groups in total. The number of ether oxygens (including phenoxy) is 1. The van der Waals surface area contributed by atoms with E-state index in [0.29, 0.717) is 5.69 Å². The number of aryl methyl sites for hydroxylation is 1. The Hall–Kier alpha value is -2.31. The van der Waals surface area contributed by atoms with Crippen molar-refractivity contribution in [2.45, 2.75) is 32.4 Å². The zero-order valence-electron chi connectivity index (χ0n) is 13.9. The van der Waals surface area contributed by atoms with E-state index in [1.54, 1.807) is 13.1 Å². The molecule has 2 rings (SSSR count). The van der Waals surface area contributed by atoms with Crippen molar-refractivity contribution in [1.82, 2.24) is 9.97 Å². The predicted molar refractivity (Wildman–Crippen MR) is 86.7 cm³/mol. The van der Waals surface area contributed by atoms with E-state index in [1.807, 2.05) is 18.2 Å². The molecule has 130 valence electrons. The molecule has 0 aliphatic rings. The molecule has 0 bridgehead atoms. The molecule has 0 spiro atoms. The number of halogens is 3. The lowest BCUT2D eigenvalue weighted by Crippen LogP contribution is -2.19. The zero-order chi connectivity index (χ0) is 17.7. The molecule has 1 heterocycles. The van der Waals surface area contributed by atoms with Crippen LogP contribution in [0.4, 0.5) is 24.7 Å². The van der Waals surface area contributed by atoms with Gasteiger partial charge in [0.1, 0.15) is 5.56 Å². The van der Waals surface area contributed by atoms with E-state index in [-0.39, 0.29) is 11.8 Å². The first-order valence-corrected chi connectivity index (χ1v) is 7.67. The molecule has 2 aromatic rings. The van der Waals surface area contributed by atoms with Crippen LogP contribution >= 0.6 is 0 Å². The Morgan fingerprint density at radius 2 is 2.00 bits per heavy atom.